The summed E-state index contributed by atoms with van der Waals surface area (Å²) in [5.74, 6) is 1.93. The Kier molecular flexibility index (Phi) is 4.62. The van der Waals surface area contributed by atoms with E-state index in [-0.39, 0.29) is 5.41 Å². The maximum absolute atomic E-state index is 6.14. The third-order valence-corrected chi connectivity index (χ3v) is 3.74. The molecule has 1 nitrogen and oxygen atoms in total. The Bertz CT molecular complexity index is 600. The zero-order chi connectivity index (χ0) is 14.8. The van der Waals surface area contributed by atoms with Crippen molar-refractivity contribution in [1.29, 1.82) is 0 Å². The Morgan fingerprint density at radius 1 is 1.00 bits per heavy atom. The van der Waals surface area contributed by atoms with Crippen LogP contribution in [0.25, 0.3) is 0 Å². The Hall–Kier alpha value is -1.18. The Morgan fingerprint density at radius 3 is 2.30 bits per heavy atom. The van der Waals surface area contributed by atoms with Gasteiger partial charge in [-0.15, -0.1) is 11.6 Å². The summed E-state index contributed by atoms with van der Waals surface area (Å²) in [6.45, 7) is 6.54. The molecule has 0 aliphatic carbocycles. The van der Waals surface area contributed by atoms with Gasteiger partial charge in [0.25, 0.3) is 0 Å². The number of halogens is 2. The van der Waals surface area contributed by atoms with Gasteiger partial charge in [0.05, 0.1) is 0 Å². The standard InChI is InChI=1S/C17H18Cl2O/c1-17(2,3)13-5-4-6-14(9-13)20-15-8-7-12(11-18)16(19)10-15/h4-10H,11H2,1-3H3. The quantitative estimate of drug-likeness (QED) is 0.616. The van der Waals surface area contributed by atoms with E-state index in [0.717, 1.165) is 17.1 Å². The first-order valence-corrected chi connectivity index (χ1v) is 7.44. The summed E-state index contributed by atoms with van der Waals surface area (Å²) < 4.78 is 5.87. The molecule has 0 saturated carbocycles. The van der Waals surface area contributed by atoms with Gasteiger partial charge in [-0.1, -0.05) is 50.6 Å². The van der Waals surface area contributed by atoms with Crippen LogP contribution >= 0.6 is 23.2 Å². The van der Waals surface area contributed by atoms with Gasteiger partial charge in [0.1, 0.15) is 11.5 Å². The van der Waals surface area contributed by atoms with Crippen LogP contribution in [0.1, 0.15) is 31.9 Å². The van der Waals surface area contributed by atoms with Gasteiger partial charge in [-0.3, -0.25) is 0 Å². The zero-order valence-corrected chi connectivity index (χ0v) is 13.4. The van der Waals surface area contributed by atoms with Crippen molar-refractivity contribution in [2.45, 2.75) is 32.1 Å². The van der Waals surface area contributed by atoms with Crippen molar-refractivity contribution in [3.05, 3.63) is 58.6 Å². The minimum Gasteiger partial charge on any atom is -0.457 e. The van der Waals surface area contributed by atoms with E-state index in [0.29, 0.717) is 10.9 Å². The highest BCUT2D eigenvalue weighted by Crippen LogP contribution is 2.30. The zero-order valence-electron chi connectivity index (χ0n) is 11.9. The molecule has 0 aliphatic rings. The van der Waals surface area contributed by atoms with Crippen molar-refractivity contribution in [1.82, 2.24) is 0 Å². The molecule has 0 radical (unpaired) electrons. The molecule has 0 heterocycles. The summed E-state index contributed by atoms with van der Waals surface area (Å²) in [5, 5.41) is 0.629. The molecule has 0 saturated heterocycles. The van der Waals surface area contributed by atoms with Crippen molar-refractivity contribution in [2.75, 3.05) is 0 Å². The minimum atomic E-state index is 0.0967. The highest BCUT2D eigenvalue weighted by atomic mass is 35.5. The average molecular weight is 309 g/mol. The summed E-state index contributed by atoms with van der Waals surface area (Å²) in [4.78, 5) is 0. The molecule has 20 heavy (non-hydrogen) atoms. The Labute approximate surface area is 130 Å². The van der Waals surface area contributed by atoms with Gasteiger partial charge in [0, 0.05) is 10.9 Å². The van der Waals surface area contributed by atoms with E-state index in [1.807, 2.05) is 24.3 Å². The van der Waals surface area contributed by atoms with Crippen LogP contribution in [0, 0.1) is 0 Å². The van der Waals surface area contributed by atoms with E-state index in [1.165, 1.54) is 5.56 Å². The second-order valence-corrected chi connectivity index (χ2v) is 6.44. The molecule has 0 aromatic heterocycles. The molecule has 0 bridgehead atoms. The second kappa shape index (κ2) is 6.07. The molecule has 0 N–H and O–H groups in total. The number of ether oxygens (including phenoxy) is 1. The average Bonchev–Trinajstić information content (AvgIpc) is 2.38. The fraction of sp³-hybridized carbons (Fsp3) is 0.294. The van der Waals surface area contributed by atoms with Gasteiger partial charge in [-0.05, 0) is 40.8 Å². The maximum Gasteiger partial charge on any atom is 0.128 e. The number of rotatable bonds is 3. The molecule has 0 amide bonds. The third-order valence-electron chi connectivity index (χ3n) is 3.10. The monoisotopic (exact) mass is 308 g/mol. The summed E-state index contributed by atoms with van der Waals surface area (Å²) in [6.07, 6.45) is 0. The molecule has 0 unspecified atom stereocenters. The highest BCUT2D eigenvalue weighted by molar-refractivity contribution is 6.32. The molecular formula is C17H18Cl2O. The van der Waals surface area contributed by atoms with E-state index in [2.05, 4.69) is 32.9 Å². The molecule has 2 aromatic carbocycles. The first kappa shape index (κ1) is 15.2. The van der Waals surface area contributed by atoms with Gasteiger partial charge in [0.2, 0.25) is 0 Å². The first-order valence-electron chi connectivity index (χ1n) is 6.53. The summed E-state index contributed by atoms with van der Waals surface area (Å²) in [7, 11) is 0. The Morgan fingerprint density at radius 2 is 1.70 bits per heavy atom. The van der Waals surface area contributed by atoms with Crippen molar-refractivity contribution >= 4 is 23.2 Å². The van der Waals surface area contributed by atoms with Crippen molar-refractivity contribution < 1.29 is 4.74 Å². The largest absolute Gasteiger partial charge is 0.457 e. The van der Waals surface area contributed by atoms with Crippen molar-refractivity contribution in [3.8, 4) is 11.5 Å². The van der Waals surface area contributed by atoms with Crippen molar-refractivity contribution in [2.24, 2.45) is 0 Å². The number of hydrogen-bond acceptors (Lipinski definition) is 1. The number of alkyl halides is 1. The van der Waals surface area contributed by atoms with E-state index < -0.39 is 0 Å². The topological polar surface area (TPSA) is 9.23 Å². The van der Waals surface area contributed by atoms with Gasteiger partial charge in [0.15, 0.2) is 0 Å². The SMILES string of the molecule is CC(C)(C)c1cccc(Oc2ccc(CCl)c(Cl)c2)c1. The number of hydrogen-bond donors (Lipinski definition) is 0. The lowest BCUT2D eigenvalue weighted by molar-refractivity contribution is 0.478. The van der Waals surface area contributed by atoms with E-state index in [9.17, 15) is 0 Å². The summed E-state index contributed by atoms with van der Waals surface area (Å²) in [5.41, 5.74) is 2.24. The summed E-state index contributed by atoms with van der Waals surface area (Å²) in [6, 6.07) is 13.7. The van der Waals surface area contributed by atoms with Crippen molar-refractivity contribution in [3.63, 3.8) is 0 Å². The van der Waals surface area contributed by atoms with E-state index in [1.54, 1.807) is 6.07 Å². The van der Waals surface area contributed by atoms with Crippen LogP contribution in [0.15, 0.2) is 42.5 Å². The molecular weight excluding hydrogens is 291 g/mol. The summed E-state index contributed by atoms with van der Waals surface area (Å²) >= 11 is 11.9. The third kappa shape index (κ3) is 3.68. The highest BCUT2D eigenvalue weighted by Gasteiger charge is 2.14. The van der Waals surface area contributed by atoms with Crippen LogP contribution in [-0.4, -0.2) is 0 Å². The lowest BCUT2D eigenvalue weighted by Crippen LogP contribution is -2.10. The lowest BCUT2D eigenvalue weighted by Gasteiger charge is -2.19. The predicted octanol–water partition coefficient (Wildman–Crippen LogP) is 6.17. The van der Waals surface area contributed by atoms with Crippen LogP contribution < -0.4 is 4.74 Å². The molecule has 0 spiro atoms. The molecule has 2 aromatic rings. The fourth-order valence-electron chi connectivity index (χ4n) is 1.86. The maximum atomic E-state index is 6.14. The molecule has 2 rings (SSSR count). The Balaban J connectivity index is 2.24. The second-order valence-electron chi connectivity index (χ2n) is 5.77. The predicted molar refractivity (Wildman–Crippen MR) is 86.2 cm³/mol. The minimum absolute atomic E-state index is 0.0967. The first-order chi connectivity index (χ1) is 9.40. The van der Waals surface area contributed by atoms with Crippen LogP contribution in [0.3, 0.4) is 0 Å². The normalized spacial score (nSPS) is 11.4. The smallest absolute Gasteiger partial charge is 0.128 e. The molecule has 0 atom stereocenters. The fourth-order valence-corrected chi connectivity index (χ4v) is 2.40. The van der Waals surface area contributed by atoms with Crippen LogP contribution in [0.2, 0.25) is 5.02 Å². The van der Waals surface area contributed by atoms with Crippen LogP contribution in [0.5, 0.6) is 11.5 Å². The van der Waals surface area contributed by atoms with Crippen LogP contribution in [0.4, 0.5) is 0 Å². The van der Waals surface area contributed by atoms with Gasteiger partial charge < -0.3 is 4.74 Å². The van der Waals surface area contributed by atoms with Gasteiger partial charge in [-0.25, -0.2) is 0 Å². The molecule has 0 fully saturated rings. The molecule has 0 aliphatic heterocycles. The van der Waals surface area contributed by atoms with Gasteiger partial charge in [-0.2, -0.15) is 0 Å². The van der Waals surface area contributed by atoms with Gasteiger partial charge >= 0.3 is 0 Å². The molecule has 106 valence electrons. The number of benzene rings is 2. The van der Waals surface area contributed by atoms with E-state index in [4.69, 9.17) is 27.9 Å². The van der Waals surface area contributed by atoms with Crippen LogP contribution in [-0.2, 0) is 11.3 Å². The molecule has 3 heteroatoms. The lowest BCUT2D eigenvalue weighted by atomic mass is 9.87. The van der Waals surface area contributed by atoms with E-state index >= 15 is 0 Å².